The predicted molar refractivity (Wildman–Crippen MR) is 107 cm³/mol. The monoisotopic (exact) mass is 395 g/mol. The van der Waals surface area contributed by atoms with Crippen LogP contribution in [0.1, 0.15) is 50.2 Å². The van der Waals surface area contributed by atoms with Gasteiger partial charge in [-0.25, -0.2) is 0 Å². The van der Waals surface area contributed by atoms with Gasteiger partial charge in [-0.3, -0.25) is 14.5 Å². The van der Waals surface area contributed by atoms with Crippen molar-refractivity contribution in [3.05, 3.63) is 23.3 Å². The lowest BCUT2D eigenvalue weighted by Crippen LogP contribution is -2.68. The molecule has 1 aromatic carbocycles. The van der Waals surface area contributed by atoms with E-state index in [-0.39, 0.29) is 17.0 Å². The van der Waals surface area contributed by atoms with Gasteiger partial charge in [0, 0.05) is 30.0 Å². The molecule has 3 aliphatic carbocycles. The van der Waals surface area contributed by atoms with E-state index in [1.54, 1.807) is 7.11 Å². The molecule has 0 N–H and O–H groups in total. The summed E-state index contributed by atoms with van der Waals surface area (Å²) in [7, 11) is 1.66. The molecule has 29 heavy (non-hydrogen) atoms. The van der Waals surface area contributed by atoms with Crippen LogP contribution in [-0.2, 0) is 21.4 Å². The van der Waals surface area contributed by atoms with Crippen LogP contribution in [-0.4, -0.2) is 48.8 Å². The van der Waals surface area contributed by atoms with Crippen LogP contribution in [0.4, 0.5) is 0 Å². The summed E-state index contributed by atoms with van der Waals surface area (Å²) in [6, 6.07) is 4.58. The summed E-state index contributed by atoms with van der Waals surface area (Å²) >= 11 is 0. The number of rotatable bonds is 5. The Labute approximate surface area is 171 Å². The van der Waals surface area contributed by atoms with Crippen LogP contribution in [0.15, 0.2) is 12.1 Å². The zero-order valence-corrected chi connectivity index (χ0v) is 17.3. The van der Waals surface area contributed by atoms with E-state index in [1.165, 1.54) is 30.5 Å². The van der Waals surface area contributed by atoms with Gasteiger partial charge in [-0.2, -0.15) is 0 Å². The van der Waals surface area contributed by atoms with Gasteiger partial charge in [0.25, 0.3) is 0 Å². The predicted octanol–water partition coefficient (Wildman–Crippen LogP) is 2.92. The molecule has 6 rings (SSSR count). The lowest BCUT2D eigenvalue weighted by atomic mass is 9.49. The molecule has 5 atom stereocenters. The van der Waals surface area contributed by atoms with Crippen molar-refractivity contribution in [2.75, 3.05) is 20.2 Å². The maximum Gasteiger partial charge on any atom is 0.184 e. The van der Waals surface area contributed by atoms with E-state index in [1.807, 2.05) is 13.0 Å². The van der Waals surface area contributed by atoms with Crippen molar-refractivity contribution < 1.29 is 19.1 Å². The van der Waals surface area contributed by atoms with Crippen molar-refractivity contribution in [2.24, 2.45) is 17.8 Å². The molecule has 5 unspecified atom stereocenters. The lowest BCUT2D eigenvalue weighted by molar-refractivity contribution is -0.151. The first-order valence-electron chi connectivity index (χ1n) is 11.3. The van der Waals surface area contributed by atoms with Crippen LogP contribution in [0.3, 0.4) is 0 Å². The summed E-state index contributed by atoms with van der Waals surface area (Å²) in [4.78, 5) is 28.9. The van der Waals surface area contributed by atoms with Crippen LogP contribution >= 0.6 is 0 Å². The van der Waals surface area contributed by atoms with Gasteiger partial charge in [-0.05, 0) is 62.1 Å². The third-order valence-corrected chi connectivity index (χ3v) is 8.45. The van der Waals surface area contributed by atoms with Crippen molar-refractivity contribution in [1.82, 2.24) is 4.90 Å². The van der Waals surface area contributed by atoms with Gasteiger partial charge < -0.3 is 9.47 Å². The molecular weight excluding hydrogens is 366 g/mol. The Kier molecular flexibility index (Phi) is 3.75. The third-order valence-electron chi connectivity index (χ3n) is 8.45. The van der Waals surface area contributed by atoms with E-state index < -0.39 is 12.0 Å². The number of benzene rings is 1. The molecule has 154 valence electrons. The zero-order valence-electron chi connectivity index (χ0n) is 17.3. The molecule has 2 saturated carbocycles. The molecular formula is C24H29NO4. The van der Waals surface area contributed by atoms with E-state index in [4.69, 9.17) is 9.47 Å². The number of methoxy groups -OCH3 is 1. The molecule has 2 bridgehead atoms. The molecule has 1 saturated heterocycles. The van der Waals surface area contributed by atoms with Gasteiger partial charge in [0.05, 0.1) is 13.0 Å². The highest BCUT2D eigenvalue weighted by molar-refractivity contribution is 6.06. The molecule has 5 nitrogen and oxygen atoms in total. The minimum absolute atomic E-state index is 0.00796. The largest absolute Gasteiger partial charge is 0.493 e. The quantitative estimate of drug-likeness (QED) is 0.718. The minimum Gasteiger partial charge on any atom is -0.493 e. The molecule has 1 spiro atoms. The van der Waals surface area contributed by atoms with Crippen LogP contribution in [0.2, 0.25) is 0 Å². The van der Waals surface area contributed by atoms with E-state index in [0.717, 1.165) is 36.8 Å². The number of likely N-dealkylation sites (tertiary alicyclic amines) is 1. The number of carbonyl (C=O) groups excluding carboxylic acids is 2. The first-order chi connectivity index (χ1) is 14.1. The molecule has 0 aromatic heterocycles. The number of carbonyl (C=O) groups is 2. The summed E-state index contributed by atoms with van der Waals surface area (Å²) in [5.41, 5.74) is 2.27. The number of nitrogens with zero attached hydrogens (tertiary/aromatic N) is 1. The molecule has 5 aliphatic rings. The second kappa shape index (κ2) is 6.07. The number of ether oxygens (including phenoxy) is 2. The molecule has 0 radical (unpaired) electrons. The number of hydrogen-bond donors (Lipinski definition) is 0. The average molecular weight is 395 g/mol. The normalized spacial score (nSPS) is 37.1. The Hall–Kier alpha value is -1.88. The van der Waals surface area contributed by atoms with Crippen molar-refractivity contribution in [2.45, 2.75) is 63.0 Å². The molecule has 5 heteroatoms. The van der Waals surface area contributed by atoms with Crippen molar-refractivity contribution >= 4 is 11.6 Å². The highest BCUT2D eigenvalue weighted by atomic mass is 16.5. The van der Waals surface area contributed by atoms with Crippen LogP contribution in [0.5, 0.6) is 11.5 Å². The summed E-state index contributed by atoms with van der Waals surface area (Å²) in [6.45, 7) is 4.06. The number of piperidine rings is 1. The van der Waals surface area contributed by atoms with Gasteiger partial charge in [0.15, 0.2) is 23.4 Å². The highest BCUT2D eigenvalue weighted by Gasteiger charge is 2.68. The van der Waals surface area contributed by atoms with Crippen molar-refractivity contribution in [3.8, 4) is 11.5 Å². The van der Waals surface area contributed by atoms with Gasteiger partial charge in [0.2, 0.25) is 0 Å². The summed E-state index contributed by atoms with van der Waals surface area (Å²) in [5.74, 6) is 2.21. The average Bonchev–Trinajstić information content (AvgIpc) is 3.48. The van der Waals surface area contributed by atoms with Gasteiger partial charge in [-0.15, -0.1) is 0 Å². The topological polar surface area (TPSA) is 55.8 Å². The summed E-state index contributed by atoms with van der Waals surface area (Å²) < 4.78 is 12.0. The number of ketones is 2. The summed E-state index contributed by atoms with van der Waals surface area (Å²) in [5, 5.41) is 0. The van der Waals surface area contributed by atoms with E-state index in [2.05, 4.69) is 11.0 Å². The molecule has 2 aliphatic heterocycles. The second-order valence-corrected chi connectivity index (χ2v) is 9.75. The first kappa shape index (κ1) is 17.9. The number of hydrogen-bond acceptors (Lipinski definition) is 5. The maximum atomic E-state index is 13.5. The lowest BCUT2D eigenvalue weighted by Gasteiger charge is -2.58. The Balaban J connectivity index is 1.51. The minimum atomic E-state index is -0.530. The Morgan fingerprint density at radius 3 is 2.90 bits per heavy atom. The number of Topliss-reactive ketones (excluding diaryl/α,β-unsaturated/α-hetero) is 2. The fraction of sp³-hybridized carbons (Fsp3) is 0.667. The zero-order chi connectivity index (χ0) is 19.9. The van der Waals surface area contributed by atoms with Crippen LogP contribution in [0, 0.1) is 17.8 Å². The van der Waals surface area contributed by atoms with E-state index >= 15 is 0 Å². The van der Waals surface area contributed by atoms with Crippen LogP contribution < -0.4 is 9.47 Å². The molecule has 1 aromatic rings. The fourth-order valence-corrected chi connectivity index (χ4v) is 6.95. The standard InChI is InChI=1S/C24H29NO4/c1-3-18(26)15-11-16-17-10-14-6-7-19(28-2)22-20(14)24(16,23(29-22)21(15)27)8-9-25(17)12-13-4-5-13/h6-7,13,15-17,23H,3-5,8-12H2,1-2H3. The Morgan fingerprint density at radius 2 is 2.17 bits per heavy atom. The van der Waals surface area contributed by atoms with E-state index in [9.17, 15) is 9.59 Å². The SMILES string of the molecule is CCC(=O)C1CC2C3Cc4ccc(OC)c5c4C2(CCN3CC2CC2)C(O5)C1=O. The summed E-state index contributed by atoms with van der Waals surface area (Å²) in [6.07, 6.45) is 5.20. The molecule has 0 amide bonds. The third kappa shape index (κ3) is 2.25. The Bertz CT molecular complexity index is 906. The van der Waals surface area contributed by atoms with Gasteiger partial charge in [0.1, 0.15) is 5.78 Å². The van der Waals surface area contributed by atoms with Crippen molar-refractivity contribution in [3.63, 3.8) is 0 Å². The second-order valence-electron chi connectivity index (χ2n) is 9.75. The van der Waals surface area contributed by atoms with Crippen LogP contribution in [0.25, 0.3) is 0 Å². The highest BCUT2D eigenvalue weighted by Crippen LogP contribution is 2.64. The Morgan fingerprint density at radius 1 is 1.34 bits per heavy atom. The smallest absolute Gasteiger partial charge is 0.184 e. The molecule has 3 fully saturated rings. The molecule has 2 heterocycles. The maximum absolute atomic E-state index is 13.5. The van der Waals surface area contributed by atoms with E-state index in [0.29, 0.717) is 24.8 Å². The van der Waals surface area contributed by atoms with Gasteiger partial charge >= 0.3 is 0 Å². The first-order valence-corrected chi connectivity index (χ1v) is 11.3. The fourth-order valence-electron chi connectivity index (χ4n) is 6.95. The van der Waals surface area contributed by atoms with Crippen molar-refractivity contribution in [1.29, 1.82) is 0 Å². The van der Waals surface area contributed by atoms with Gasteiger partial charge in [-0.1, -0.05) is 13.0 Å².